The van der Waals surface area contributed by atoms with Crippen LogP contribution in [0.25, 0.3) is 0 Å². The van der Waals surface area contributed by atoms with Gasteiger partial charge in [0.1, 0.15) is 5.75 Å². The smallest absolute Gasteiger partial charge is 0.261 e. The van der Waals surface area contributed by atoms with Gasteiger partial charge in [0, 0.05) is 0 Å². The highest BCUT2D eigenvalue weighted by atomic mass is 16.5. The van der Waals surface area contributed by atoms with Gasteiger partial charge in [-0.15, -0.1) is 0 Å². The van der Waals surface area contributed by atoms with E-state index in [0.717, 1.165) is 23.3 Å². The van der Waals surface area contributed by atoms with E-state index in [0.29, 0.717) is 6.42 Å². The van der Waals surface area contributed by atoms with E-state index in [2.05, 4.69) is 44.3 Å². The summed E-state index contributed by atoms with van der Waals surface area (Å²) in [4.78, 5) is 12.7. The minimum atomic E-state index is -0.484. The van der Waals surface area contributed by atoms with Crippen LogP contribution in [-0.4, -0.2) is 12.0 Å². The van der Waals surface area contributed by atoms with Crippen molar-refractivity contribution in [3.8, 4) is 5.75 Å². The number of aryl methyl sites for hydroxylation is 3. The number of amides is 1. The van der Waals surface area contributed by atoms with Crippen LogP contribution in [0.2, 0.25) is 0 Å². The Morgan fingerprint density at radius 3 is 2.36 bits per heavy atom. The Kier molecular flexibility index (Phi) is 6.63. The molecule has 2 rings (SSSR count). The maximum Gasteiger partial charge on any atom is 0.261 e. The maximum absolute atomic E-state index is 12.7. The quantitative estimate of drug-likeness (QED) is 0.768. The van der Waals surface area contributed by atoms with Crippen LogP contribution in [0.4, 0.5) is 0 Å². The summed E-state index contributed by atoms with van der Waals surface area (Å²) in [5, 5.41) is 3.15. The molecule has 0 saturated heterocycles. The van der Waals surface area contributed by atoms with Gasteiger partial charge in [0.25, 0.3) is 5.91 Å². The SMILES string of the molecule is CC[C@@H](Oc1cccc(C)c1)C(=O)N[C@H](CC)c1ccc(C)c(C)c1. The molecule has 134 valence electrons. The second kappa shape index (κ2) is 8.70. The van der Waals surface area contributed by atoms with Gasteiger partial charge in [0.15, 0.2) is 6.10 Å². The molecule has 0 aliphatic heterocycles. The molecule has 2 aromatic carbocycles. The normalized spacial score (nSPS) is 13.2. The van der Waals surface area contributed by atoms with Crippen molar-refractivity contribution < 1.29 is 9.53 Å². The van der Waals surface area contributed by atoms with E-state index in [9.17, 15) is 4.79 Å². The van der Waals surface area contributed by atoms with E-state index in [1.165, 1.54) is 11.1 Å². The van der Waals surface area contributed by atoms with E-state index in [-0.39, 0.29) is 11.9 Å². The van der Waals surface area contributed by atoms with Gasteiger partial charge in [-0.25, -0.2) is 0 Å². The Hall–Kier alpha value is -2.29. The summed E-state index contributed by atoms with van der Waals surface area (Å²) in [5.41, 5.74) is 4.77. The average molecular weight is 339 g/mol. The van der Waals surface area contributed by atoms with E-state index in [1.807, 2.05) is 38.1 Å². The van der Waals surface area contributed by atoms with Crippen molar-refractivity contribution >= 4 is 5.91 Å². The zero-order valence-electron chi connectivity index (χ0n) is 15.9. The van der Waals surface area contributed by atoms with Gasteiger partial charge in [-0.3, -0.25) is 4.79 Å². The molecule has 0 radical (unpaired) electrons. The Morgan fingerprint density at radius 2 is 1.76 bits per heavy atom. The van der Waals surface area contributed by atoms with Crippen molar-refractivity contribution in [1.29, 1.82) is 0 Å². The summed E-state index contributed by atoms with van der Waals surface area (Å²) >= 11 is 0. The number of nitrogens with one attached hydrogen (secondary N) is 1. The van der Waals surface area contributed by atoms with Gasteiger partial charge in [0.05, 0.1) is 6.04 Å². The second-order valence-electron chi connectivity index (χ2n) is 6.64. The van der Waals surface area contributed by atoms with Gasteiger partial charge < -0.3 is 10.1 Å². The third-order valence-corrected chi connectivity index (χ3v) is 4.59. The predicted molar refractivity (Wildman–Crippen MR) is 103 cm³/mol. The molecular formula is C22H29NO2. The van der Waals surface area contributed by atoms with Gasteiger partial charge in [-0.05, 0) is 68.0 Å². The summed E-state index contributed by atoms with van der Waals surface area (Å²) in [5.74, 6) is 0.676. The minimum absolute atomic E-state index is 0.00181. The molecule has 2 aromatic rings. The highest BCUT2D eigenvalue weighted by Gasteiger charge is 2.22. The van der Waals surface area contributed by atoms with Crippen LogP contribution >= 0.6 is 0 Å². The van der Waals surface area contributed by atoms with Gasteiger partial charge in [-0.2, -0.15) is 0 Å². The molecule has 0 aliphatic rings. The Balaban J connectivity index is 2.09. The molecule has 2 atom stereocenters. The first-order chi connectivity index (χ1) is 11.9. The summed E-state index contributed by atoms with van der Waals surface area (Å²) in [7, 11) is 0. The fourth-order valence-corrected chi connectivity index (χ4v) is 2.84. The van der Waals surface area contributed by atoms with Crippen LogP contribution in [0, 0.1) is 20.8 Å². The molecule has 1 amide bonds. The van der Waals surface area contributed by atoms with E-state index in [4.69, 9.17) is 4.74 Å². The van der Waals surface area contributed by atoms with Crippen molar-refractivity contribution in [3.05, 3.63) is 64.7 Å². The van der Waals surface area contributed by atoms with Gasteiger partial charge in [0.2, 0.25) is 0 Å². The first kappa shape index (κ1) is 19.0. The molecule has 0 saturated carbocycles. The largest absolute Gasteiger partial charge is 0.481 e. The lowest BCUT2D eigenvalue weighted by Crippen LogP contribution is -2.40. The molecule has 0 unspecified atom stereocenters. The van der Waals surface area contributed by atoms with Crippen LogP contribution in [0.3, 0.4) is 0 Å². The minimum Gasteiger partial charge on any atom is -0.481 e. The van der Waals surface area contributed by atoms with E-state index < -0.39 is 6.10 Å². The first-order valence-corrected chi connectivity index (χ1v) is 9.05. The highest BCUT2D eigenvalue weighted by Crippen LogP contribution is 2.21. The standard InChI is InChI=1S/C22H29NO2/c1-6-20(18-12-11-16(4)17(5)14-18)23-22(24)21(7-2)25-19-10-8-9-15(3)13-19/h8-14,20-21H,6-7H2,1-5H3,(H,23,24)/t20-,21-/m1/s1. The molecule has 3 heteroatoms. The topological polar surface area (TPSA) is 38.3 Å². The van der Waals surface area contributed by atoms with Crippen molar-refractivity contribution in [2.75, 3.05) is 0 Å². The van der Waals surface area contributed by atoms with Crippen molar-refractivity contribution in [2.45, 2.75) is 59.6 Å². The lowest BCUT2D eigenvalue weighted by Gasteiger charge is -2.23. The maximum atomic E-state index is 12.7. The lowest BCUT2D eigenvalue weighted by molar-refractivity contribution is -0.128. The molecule has 0 bridgehead atoms. The predicted octanol–water partition coefficient (Wildman–Crippen LogP) is 5.04. The summed E-state index contributed by atoms with van der Waals surface area (Å²) < 4.78 is 5.92. The Labute approximate surface area is 151 Å². The Bertz CT molecular complexity index is 724. The molecule has 0 heterocycles. The molecule has 1 N–H and O–H groups in total. The second-order valence-corrected chi connectivity index (χ2v) is 6.64. The molecule has 0 spiro atoms. The van der Waals surface area contributed by atoms with Crippen molar-refractivity contribution in [2.24, 2.45) is 0 Å². The average Bonchev–Trinajstić information content (AvgIpc) is 2.60. The molecule has 0 aromatic heterocycles. The lowest BCUT2D eigenvalue weighted by atomic mass is 9.99. The van der Waals surface area contributed by atoms with Crippen molar-refractivity contribution in [1.82, 2.24) is 5.32 Å². The van der Waals surface area contributed by atoms with Gasteiger partial charge >= 0.3 is 0 Å². The highest BCUT2D eigenvalue weighted by molar-refractivity contribution is 5.81. The fraction of sp³-hybridized carbons (Fsp3) is 0.409. The molecule has 0 fully saturated rings. The Morgan fingerprint density at radius 1 is 1.00 bits per heavy atom. The van der Waals surface area contributed by atoms with Crippen molar-refractivity contribution in [3.63, 3.8) is 0 Å². The first-order valence-electron chi connectivity index (χ1n) is 9.05. The molecular weight excluding hydrogens is 310 g/mol. The number of carbonyl (C=O) groups excluding carboxylic acids is 1. The van der Waals surface area contributed by atoms with E-state index in [1.54, 1.807) is 0 Å². The van der Waals surface area contributed by atoms with E-state index >= 15 is 0 Å². The van der Waals surface area contributed by atoms with Crippen LogP contribution in [0.5, 0.6) is 5.75 Å². The number of carbonyl (C=O) groups is 1. The zero-order valence-corrected chi connectivity index (χ0v) is 15.9. The summed E-state index contributed by atoms with van der Waals surface area (Å²) in [6, 6.07) is 14.2. The van der Waals surface area contributed by atoms with Crippen LogP contribution in [-0.2, 0) is 4.79 Å². The number of ether oxygens (including phenoxy) is 1. The summed E-state index contributed by atoms with van der Waals surface area (Å²) in [6.45, 7) is 10.3. The third-order valence-electron chi connectivity index (χ3n) is 4.59. The van der Waals surface area contributed by atoms with Gasteiger partial charge in [-0.1, -0.05) is 44.2 Å². The molecule has 3 nitrogen and oxygen atoms in total. The zero-order chi connectivity index (χ0) is 18.4. The number of rotatable bonds is 7. The number of benzene rings is 2. The third kappa shape index (κ3) is 5.09. The number of hydrogen-bond donors (Lipinski definition) is 1. The molecule has 25 heavy (non-hydrogen) atoms. The fourth-order valence-electron chi connectivity index (χ4n) is 2.84. The van der Waals surface area contributed by atoms with Crippen LogP contribution in [0.1, 0.15) is 55.0 Å². The summed E-state index contributed by atoms with van der Waals surface area (Å²) in [6.07, 6.45) is 0.987. The van der Waals surface area contributed by atoms with Crippen LogP contribution < -0.4 is 10.1 Å². The number of hydrogen-bond acceptors (Lipinski definition) is 2. The van der Waals surface area contributed by atoms with Crippen LogP contribution in [0.15, 0.2) is 42.5 Å². The molecule has 0 aliphatic carbocycles. The monoisotopic (exact) mass is 339 g/mol.